The fourth-order valence-electron chi connectivity index (χ4n) is 3.24. The fraction of sp³-hybridized carbons (Fsp3) is 0.611. The highest BCUT2D eigenvalue weighted by molar-refractivity contribution is 7.09. The molecule has 0 aromatic carbocycles. The molecule has 0 N–H and O–H groups in total. The first-order valence-corrected chi connectivity index (χ1v) is 9.56. The van der Waals surface area contributed by atoms with E-state index in [9.17, 15) is 0 Å². The van der Waals surface area contributed by atoms with Gasteiger partial charge >= 0.3 is 0 Å². The molecule has 130 valence electrons. The Morgan fingerprint density at radius 3 is 2.92 bits per heavy atom. The van der Waals surface area contributed by atoms with Crippen LogP contribution >= 0.6 is 11.3 Å². The third kappa shape index (κ3) is 4.11. The molecule has 0 aliphatic carbocycles. The summed E-state index contributed by atoms with van der Waals surface area (Å²) >= 11 is 1.76. The van der Waals surface area contributed by atoms with Crippen LogP contribution < -0.4 is 4.90 Å². The number of hydrogen-bond donors (Lipinski definition) is 0. The molecular weight excluding hydrogens is 318 g/mol. The van der Waals surface area contributed by atoms with Gasteiger partial charge in [-0.1, -0.05) is 13.8 Å². The van der Waals surface area contributed by atoms with Gasteiger partial charge in [-0.3, -0.25) is 0 Å². The molecule has 0 amide bonds. The van der Waals surface area contributed by atoms with Gasteiger partial charge in [0.15, 0.2) is 0 Å². The molecule has 6 heteroatoms. The van der Waals surface area contributed by atoms with E-state index in [-0.39, 0.29) is 0 Å². The van der Waals surface area contributed by atoms with Crippen molar-refractivity contribution in [2.45, 2.75) is 39.7 Å². The minimum atomic E-state index is 0.372. The van der Waals surface area contributed by atoms with Crippen molar-refractivity contribution in [3.63, 3.8) is 0 Å². The molecule has 1 atom stereocenters. The fourth-order valence-corrected chi connectivity index (χ4v) is 4.09. The summed E-state index contributed by atoms with van der Waals surface area (Å²) in [5, 5.41) is 0. The molecule has 3 heterocycles. The van der Waals surface area contributed by atoms with Gasteiger partial charge in [0.2, 0.25) is 0 Å². The monoisotopic (exact) mass is 345 g/mol. The van der Waals surface area contributed by atoms with Crippen LogP contribution in [0.4, 0.5) is 5.82 Å². The summed E-state index contributed by atoms with van der Waals surface area (Å²) < 4.78 is 0. The third-order valence-corrected chi connectivity index (χ3v) is 5.53. The second-order valence-electron chi connectivity index (χ2n) is 7.09. The molecule has 0 saturated carbocycles. The molecule has 1 fully saturated rings. The predicted molar refractivity (Wildman–Crippen MR) is 99.6 cm³/mol. The van der Waals surface area contributed by atoms with Crippen molar-refractivity contribution in [2.75, 3.05) is 31.6 Å². The Morgan fingerprint density at radius 2 is 2.21 bits per heavy atom. The van der Waals surface area contributed by atoms with Gasteiger partial charge in [-0.15, -0.1) is 11.3 Å². The average molecular weight is 346 g/mol. The Kier molecular flexibility index (Phi) is 5.46. The first-order valence-electron chi connectivity index (χ1n) is 8.68. The molecular formula is C18H27N5S. The topological polar surface area (TPSA) is 45.2 Å². The molecule has 1 aliphatic rings. The number of thiazole rings is 1. The van der Waals surface area contributed by atoms with Crippen molar-refractivity contribution in [1.29, 1.82) is 0 Å². The van der Waals surface area contributed by atoms with Gasteiger partial charge in [0.25, 0.3) is 0 Å². The van der Waals surface area contributed by atoms with E-state index in [4.69, 9.17) is 4.98 Å². The van der Waals surface area contributed by atoms with Crippen LogP contribution in [0.3, 0.4) is 0 Å². The average Bonchev–Trinajstić information content (AvgIpc) is 3.17. The molecule has 2 aromatic heterocycles. The molecule has 24 heavy (non-hydrogen) atoms. The van der Waals surface area contributed by atoms with E-state index in [1.54, 1.807) is 11.3 Å². The second kappa shape index (κ2) is 7.57. The van der Waals surface area contributed by atoms with Crippen molar-refractivity contribution in [1.82, 2.24) is 19.9 Å². The highest BCUT2D eigenvalue weighted by atomic mass is 32.1. The molecule has 1 unspecified atom stereocenters. The van der Waals surface area contributed by atoms with Crippen molar-refractivity contribution in [2.24, 2.45) is 5.92 Å². The zero-order valence-corrected chi connectivity index (χ0v) is 15.9. The molecule has 1 saturated heterocycles. The number of anilines is 1. The van der Waals surface area contributed by atoms with Crippen LogP contribution in [0.5, 0.6) is 0 Å². The highest BCUT2D eigenvalue weighted by Gasteiger charge is 2.25. The van der Waals surface area contributed by atoms with Crippen molar-refractivity contribution < 1.29 is 0 Å². The van der Waals surface area contributed by atoms with Crippen LogP contribution in [0.15, 0.2) is 17.8 Å². The van der Waals surface area contributed by atoms with Gasteiger partial charge in [-0.2, -0.15) is 0 Å². The van der Waals surface area contributed by atoms with Gasteiger partial charge in [-0.25, -0.2) is 15.0 Å². The molecule has 0 spiro atoms. The quantitative estimate of drug-likeness (QED) is 0.803. The summed E-state index contributed by atoms with van der Waals surface area (Å²) in [7, 11) is 2.21. The maximum atomic E-state index is 4.73. The zero-order chi connectivity index (χ0) is 17.1. The third-order valence-electron chi connectivity index (χ3n) is 4.61. The number of nitrogens with zero attached hydrogens (tertiary/aromatic N) is 5. The van der Waals surface area contributed by atoms with Crippen LogP contribution in [0, 0.1) is 12.8 Å². The maximum Gasteiger partial charge on any atom is 0.133 e. The molecule has 0 radical (unpaired) electrons. The zero-order valence-electron chi connectivity index (χ0n) is 15.1. The Hall–Kier alpha value is -1.53. The minimum absolute atomic E-state index is 0.372. The number of rotatable bonds is 6. The maximum absolute atomic E-state index is 4.73. The van der Waals surface area contributed by atoms with E-state index in [2.05, 4.69) is 47.6 Å². The molecule has 2 aromatic rings. The Bertz CT molecular complexity index is 669. The summed E-state index contributed by atoms with van der Waals surface area (Å²) in [6, 6.07) is 2.04. The first kappa shape index (κ1) is 17.3. The highest BCUT2D eigenvalue weighted by Crippen LogP contribution is 2.24. The smallest absolute Gasteiger partial charge is 0.133 e. The van der Waals surface area contributed by atoms with E-state index in [1.165, 1.54) is 17.0 Å². The standard InChI is InChI=1S/C18H27N5S/c1-13(2)18-19-7-5-17(21-18)23-8-6-15(10-23)9-22(4)11-16-14(3)20-12-24-16/h5,7,12-13,15H,6,8-11H2,1-4H3. The Morgan fingerprint density at radius 1 is 1.38 bits per heavy atom. The lowest BCUT2D eigenvalue weighted by atomic mass is 10.1. The molecule has 0 bridgehead atoms. The van der Waals surface area contributed by atoms with Gasteiger partial charge < -0.3 is 9.80 Å². The number of aryl methyl sites for hydroxylation is 1. The van der Waals surface area contributed by atoms with E-state index >= 15 is 0 Å². The van der Waals surface area contributed by atoms with Crippen LogP contribution in [-0.4, -0.2) is 46.5 Å². The normalized spacial score (nSPS) is 18.1. The van der Waals surface area contributed by atoms with E-state index < -0.39 is 0 Å². The lowest BCUT2D eigenvalue weighted by Gasteiger charge is -2.22. The summed E-state index contributed by atoms with van der Waals surface area (Å²) in [6.07, 6.45) is 3.12. The lowest BCUT2D eigenvalue weighted by Crippen LogP contribution is -2.28. The first-order chi connectivity index (χ1) is 11.5. The van der Waals surface area contributed by atoms with Crippen molar-refractivity contribution >= 4 is 17.2 Å². The van der Waals surface area contributed by atoms with Crippen molar-refractivity contribution in [3.8, 4) is 0 Å². The van der Waals surface area contributed by atoms with Crippen LogP contribution in [0.25, 0.3) is 0 Å². The van der Waals surface area contributed by atoms with E-state index in [0.29, 0.717) is 11.8 Å². The minimum Gasteiger partial charge on any atom is -0.356 e. The molecule has 5 nitrogen and oxygen atoms in total. The van der Waals surface area contributed by atoms with Gasteiger partial charge in [0.05, 0.1) is 11.2 Å². The van der Waals surface area contributed by atoms with Crippen LogP contribution in [0.2, 0.25) is 0 Å². The van der Waals surface area contributed by atoms with E-state index in [0.717, 1.165) is 37.8 Å². The van der Waals surface area contributed by atoms with Crippen LogP contribution in [0.1, 0.15) is 42.6 Å². The SMILES string of the molecule is Cc1ncsc1CN(C)CC1CCN(c2ccnc(C(C)C)n2)C1. The Labute approximate surface area is 148 Å². The molecule has 3 rings (SSSR count). The van der Waals surface area contributed by atoms with E-state index in [1.807, 2.05) is 17.8 Å². The second-order valence-corrected chi connectivity index (χ2v) is 8.03. The predicted octanol–water partition coefficient (Wildman–Crippen LogP) is 3.32. The summed E-state index contributed by atoms with van der Waals surface area (Å²) in [5.41, 5.74) is 3.11. The summed E-state index contributed by atoms with van der Waals surface area (Å²) in [5.74, 6) is 3.09. The number of aromatic nitrogens is 3. The number of hydrogen-bond acceptors (Lipinski definition) is 6. The lowest BCUT2D eigenvalue weighted by molar-refractivity contribution is 0.281. The largest absolute Gasteiger partial charge is 0.356 e. The van der Waals surface area contributed by atoms with Gasteiger partial charge in [0, 0.05) is 43.2 Å². The molecule has 1 aliphatic heterocycles. The van der Waals surface area contributed by atoms with Gasteiger partial charge in [-0.05, 0) is 32.4 Å². The summed E-state index contributed by atoms with van der Waals surface area (Å²) in [6.45, 7) is 10.7. The summed E-state index contributed by atoms with van der Waals surface area (Å²) in [4.78, 5) is 19.7. The Balaban J connectivity index is 1.55. The van der Waals surface area contributed by atoms with Crippen molar-refractivity contribution in [3.05, 3.63) is 34.2 Å². The van der Waals surface area contributed by atoms with Crippen LogP contribution in [-0.2, 0) is 6.54 Å². The van der Waals surface area contributed by atoms with Gasteiger partial charge in [0.1, 0.15) is 11.6 Å².